The van der Waals surface area contributed by atoms with Crippen molar-refractivity contribution in [1.29, 1.82) is 0 Å². The lowest BCUT2D eigenvalue weighted by Gasteiger charge is -1.86. The molecule has 0 unspecified atom stereocenters. The monoisotopic (exact) mass is 279 g/mol. The van der Waals surface area contributed by atoms with E-state index in [1.54, 1.807) is 0 Å². The molecule has 1 N–H and O–H groups in total. The SMILES string of the molecule is Cc1nsc(Sc2nc(Cl)c(CO)s2)n1. The maximum Gasteiger partial charge on any atom is 0.177 e. The van der Waals surface area contributed by atoms with Gasteiger partial charge >= 0.3 is 0 Å². The molecule has 0 bridgehead atoms. The second-order valence-corrected chi connectivity index (χ2v) is 6.25. The van der Waals surface area contributed by atoms with Crippen LogP contribution < -0.4 is 0 Å². The standard InChI is InChI=1S/C7H6ClN3OS3/c1-3-9-7(15-11-3)14-6-10-5(8)4(2-12)13-6/h12H,2H2,1H3. The van der Waals surface area contributed by atoms with E-state index in [0.29, 0.717) is 10.0 Å². The highest BCUT2D eigenvalue weighted by atomic mass is 35.5. The summed E-state index contributed by atoms with van der Waals surface area (Å²) in [7, 11) is 0. The molecule has 0 radical (unpaired) electrons. The fourth-order valence-electron chi connectivity index (χ4n) is 0.848. The second kappa shape index (κ2) is 4.75. The third kappa shape index (κ3) is 2.67. The van der Waals surface area contributed by atoms with E-state index in [9.17, 15) is 0 Å². The predicted molar refractivity (Wildman–Crippen MR) is 61.8 cm³/mol. The minimum atomic E-state index is -0.0772. The fraction of sp³-hybridized carbons (Fsp3) is 0.286. The van der Waals surface area contributed by atoms with E-state index < -0.39 is 0 Å². The van der Waals surface area contributed by atoms with Gasteiger partial charge in [0.05, 0.1) is 11.5 Å². The predicted octanol–water partition coefficient (Wildman–Crippen LogP) is 2.60. The third-order valence-electron chi connectivity index (χ3n) is 1.46. The number of rotatable bonds is 3. The summed E-state index contributed by atoms with van der Waals surface area (Å²) < 4.78 is 5.68. The smallest absolute Gasteiger partial charge is 0.177 e. The molecule has 2 heterocycles. The molecular formula is C7H6ClN3OS3. The van der Waals surface area contributed by atoms with Crippen molar-refractivity contribution in [2.45, 2.75) is 22.2 Å². The van der Waals surface area contributed by atoms with E-state index in [2.05, 4.69) is 14.3 Å². The summed E-state index contributed by atoms with van der Waals surface area (Å²) in [5.74, 6) is 0.757. The zero-order valence-corrected chi connectivity index (χ0v) is 10.8. The van der Waals surface area contributed by atoms with Crippen molar-refractivity contribution in [2.24, 2.45) is 0 Å². The molecular weight excluding hydrogens is 274 g/mol. The normalized spacial score (nSPS) is 10.9. The van der Waals surface area contributed by atoms with Crippen LogP contribution in [-0.4, -0.2) is 19.4 Å². The average molecular weight is 280 g/mol. The van der Waals surface area contributed by atoms with Crippen LogP contribution >= 0.6 is 46.2 Å². The number of aliphatic hydroxyl groups is 1. The fourth-order valence-corrected chi connectivity index (χ4v) is 4.00. The highest BCUT2D eigenvalue weighted by molar-refractivity contribution is 8.02. The van der Waals surface area contributed by atoms with Gasteiger partial charge in [-0.2, -0.15) is 4.37 Å². The summed E-state index contributed by atoms with van der Waals surface area (Å²) in [5.41, 5.74) is 0. The third-order valence-corrected chi connectivity index (χ3v) is 4.83. The van der Waals surface area contributed by atoms with Crippen molar-refractivity contribution in [3.05, 3.63) is 15.9 Å². The van der Waals surface area contributed by atoms with Crippen molar-refractivity contribution in [3.63, 3.8) is 0 Å². The van der Waals surface area contributed by atoms with E-state index in [1.807, 2.05) is 6.92 Å². The maximum atomic E-state index is 8.95. The molecule has 15 heavy (non-hydrogen) atoms. The van der Waals surface area contributed by atoms with E-state index >= 15 is 0 Å². The number of hydrogen-bond donors (Lipinski definition) is 1. The minimum Gasteiger partial charge on any atom is -0.391 e. The topological polar surface area (TPSA) is 58.9 Å². The lowest BCUT2D eigenvalue weighted by Crippen LogP contribution is -1.75. The number of thiazole rings is 1. The van der Waals surface area contributed by atoms with E-state index in [1.165, 1.54) is 34.6 Å². The molecule has 4 nitrogen and oxygen atoms in total. The van der Waals surface area contributed by atoms with E-state index in [-0.39, 0.29) is 6.61 Å². The van der Waals surface area contributed by atoms with Crippen LogP contribution in [0.15, 0.2) is 8.68 Å². The maximum absolute atomic E-state index is 8.95. The number of aryl methyl sites for hydroxylation is 1. The number of hydrogen-bond acceptors (Lipinski definition) is 7. The van der Waals surface area contributed by atoms with Crippen LogP contribution in [0.5, 0.6) is 0 Å². The lowest BCUT2D eigenvalue weighted by molar-refractivity contribution is 0.285. The van der Waals surface area contributed by atoms with Crippen molar-refractivity contribution < 1.29 is 5.11 Å². The van der Waals surface area contributed by atoms with E-state index in [4.69, 9.17) is 16.7 Å². The largest absolute Gasteiger partial charge is 0.391 e. The van der Waals surface area contributed by atoms with Crippen LogP contribution in [0.1, 0.15) is 10.7 Å². The van der Waals surface area contributed by atoms with Gasteiger partial charge in [-0.1, -0.05) is 11.6 Å². The van der Waals surface area contributed by atoms with Gasteiger partial charge in [0.1, 0.15) is 11.0 Å². The van der Waals surface area contributed by atoms with Gasteiger partial charge in [0.25, 0.3) is 0 Å². The highest BCUT2D eigenvalue weighted by Crippen LogP contribution is 2.35. The Labute approximate surface area is 104 Å². The minimum absolute atomic E-state index is 0.0772. The molecule has 0 fully saturated rings. The van der Waals surface area contributed by atoms with Crippen LogP contribution in [0.2, 0.25) is 5.15 Å². The molecule has 0 spiro atoms. The van der Waals surface area contributed by atoms with Crippen LogP contribution in [0.4, 0.5) is 0 Å². The summed E-state index contributed by atoms with van der Waals surface area (Å²) in [4.78, 5) is 8.99. The van der Waals surface area contributed by atoms with Gasteiger partial charge < -0.3 is 5.11 Å². The first kappa shape index (κ1) is 11.3. The molecule has 80 valence electrons. The summed E-state index contributed by atoms with van der Waals surface area (Å²) in [5, 5.41) is 9.32. The Bertz CT molecular complexity index is 470. The van der Waals surface area contributed by atoms with Gasteiger partial charge in [0.15, 0.2) is 8.68 Å². The molecule has 0 aliphatic heterocycles. The van der Waals surface area contributed by atoms with Crippen molar-refractivity contribution >= 4 is 46.2 Å². The van der Waals surface area contributed by atoms with Crippen LogP contribution in [0, 0.1) is 6.92 Å². The lowest BCUT2D eigenvalue weighted by atomic mass is 10.6. The van der Waals surface area contributed by atoms with Crippen LogP contribution in [-0.2, 0) is 6.61 Å². The Balaban J connectivity index is 2.17. The Morgan fingerprint density at radius 2 is 2.20 bits per heavy atom. The molecule has 0 amide bonds. The molecule has 8 heteroatoms. The van der Waals surface area contributed by atoms with Crippen LogP contribution in [0.3, 0.4) is 0 Å². The van der Waals surface area contributed by atoms with Gasteiger partial charge in [0, 0.05) is 0 Å². The first-order valence-corrected chi connectivity index (χ1v) is 6.71. The number of aromatic nitrogens is 3. The van der Waals surface area contributed by atoms with Gasteiger partial charge in [0.2, 0.25) is 0 Å². The van der Waals surface area contributed by atoms with Crippen molar-refractivity contribution in [2.75, 3.05) is 0 Å². The van der Waals surface area contributed by atoms with Crippen molar-refractivity contribution in [3.8, 4) is 0 Å². The number of nitrogens with zero attached hydrogens (tertiary/aromatic N) is 3. The zero-order valence-electron chi connectivity index (χ0n) is 7.60. The molecule has 2 rings (SSSR count). The average Bonchev–Trinajstić information content (AvgIpc) is 2.73. The van der Waals surface area contributed by atoms with Gasteiger partial charge in [-0.15, -0.1) is 11.3 Å². The first-order valence-electron chi connectivity index (χ1n) is 3.93. The first-order chi connectivity index (χ1) is 7.19. The van der Waals surface area contributed by atoms with E-state index in [0.717, 1.165) is 14.5 Å². The summed E-state index contributed by atoms with van der Waals surface area (Å²) in [6.45, 7) is 1.76. The Morgan fingerprint density at radius 1 is 1.40 bits per heavy atom. The van der Waals surface area contributed by atoms with Crippen LogP contribution in [0.25, 0.3) is 0 Å². The van der Waals surface area contributed by atoms with Gasteiger partial charge in [-0.25, -0.2) is 9.97 Å². The molecule has 0 atom stereocenters. The molecule has 0 aliphatic rings. The molecule has 2 aromatic rings. The molecule has 2 aromatic heterocycles. The Hall–Kier alpha value is -0.210. The molecule has 0 aromatic carbocycles. The molecule has 0 aliphatic carbocycles. The van der Waals surface area contributed by atoms with Gasteiger partial charge in [-0.3, -0.25) is 0 Å². The Kier molecular flexibility index (Phi) is 3.57. The number of aliphatic hydroxyl groups excluding tert-OH is 1. The summed E-state index contributed by atoms with van der Waals surface area (Å²) in [6, 6.07) is 0. The second-order valence-electron chi connectivity index (χ2n) is 2.56. The van der Waals surface area contributed by atoms with Crippen molar-refractivity contribution in [1.82, 2.24) is 14.3 Å². The highest BCUT2D eigenvalue weighted by Gasteiger charge is 2.11. The summed E-state index contributed by atoms with van der Waals surface area (Å²) in [6.07, 6.45) is 0. The number of halogens is 1. The Morgan fingerprint density at radius 3 is 2.73 bits per heavy atom. The summed E-state index contributed by atoms with van der Waals surface area (Å²) >= 11 is 9.93. The quantitative estimate of drug-likeness (QED) is 0.936. The molecule has 0 saturated heterocycles. The zero-order chi connectivity index (χ0) is 10.8. The molecule has 0 saturated carbocycles. The van der Waals surface area contributed by atoms with Gasteiger partial charge in [-0.05, 0) is 30.2 Å².